The summed E-state index contributed by atoms with van der Waals surface area (Å²) in [7, 11) is 0. The van der Waals surface area contributed by atoms with Crippen LogP contribution in [-0.2, 0) is 29.1 Å². The van der Waals surface area contributed by atoms with E-state index in [2.05, 4.69) is 17.4 Å². The van der Waals surface area contributed by atoms with Gasteiger partial charge < -0.3 is 10.1 Å². The highest BCUT2D eigenvalue weighted by Crippen LogP contribution is 2.51. The highest BCUT2D eigenvalue weighted by atomic mass is 19.4. The highest BCUT2D eigenvalue weighted by molar-refractivity contribution is 5.33. The smallest absolute Gasteiger partial charge is 0.376 e. The Hall–Kier alpha value is -2.06. The third kappa shape index (κ3) is 5.77. The van der Waals surface area contributed by atoms with Crippen molar-refractivity contribution in [2.75, 3.05) is 19.7 Å². The zero-order valence-corrected chi connectivity index (χ0v) is 18.8. The zero-order chi connectivity index (χ0) is 24.4. The minimum Gasteiger partial charge on any atom is -0.376 e. The van der Waals surface area contributed by atoms with Gasteiger partial charge in [-0.25, -0.2) is 0 Å². The molecule has 34 heavy (non-hydrogen) atoms. The number of hydrogen-bond donors (Lipinski definition) is 1. The molecule has 2 aromatic rings. The molecule has 1 aliphatic heterocycles. The second-order valence-corrected chi connectivity index (χ2v) is 9.50. The fourth-order valence-electron chi connectivity index (χ4n) is 5.39. The molecule has 0 radical (unpaired) electrons. The number of halogens is 6. The maximum Gasteiger partial charge on any atom is 0.416 e. The van der Waals surface area contributed by atoms with Gasteiger partial charge in [-0.2, -0.15) is 26.3 Å². The summed E-state index contributed by atoms with van der Waals surface area (Å²) in [5, 5.41) is 3.45. The Labute approximate surface area is 195 Å². The van der Waals surface area contributed by atoms with Gasteiger partial charge in [-0.3, -0.25) is 0 Å². The van der Waals surface area contributed by atoms with Crippen molar-refractivity contribution >= 4 is 0 Å². The summed E-state index contributed by atoms with van der Waals surface area (Å²) in [6.07, 6.45) is -4.70. The van der Waals surface area contributed by atoms with Crippen LogP contribution in [0.25, 0.3) is 0 Å². The minimum absolute atomic E-state index is 0.118. The largest absolute Gasteiger partial charge is 0.416 e. The first-order valence-electron chi connectivity index (χ1n) is 11.7. The zero-order valence-electron chi connectivity index (χ0n) is 18.8. The summed E-state index contributed by atoms with van der Waals surface area (Å²) in [6.45, 7) is 1.80. The Bertz CT molecular complexity index is 912. The Morgan fingerprint density at radius 1 is 0.882 bits per heavy atom. The molecule has 2 nitrogen and oxygen atoms in total. The summed E-state index contributed by atoms with van der Waals surface area (Å²) in [5.41, 5.74) is -1.63. The molecule has 0 amide bonds. The van der Waals surface area contributed by atoms with Crippen LogP contribution in [0.3, 0.4) is 0 Å². The van der Waals surface area contributed by atoms with E-state index in [-0.39, 0.29) is 29.6 Å². The first-order chi connectivity index (χ1) is 16.1. The van der Waals surface area contributed by atoms with Gasteiger partial charge in [0.15, 0.2) is 0 Å². The van der Waals surface area contributed by atoms with Crippen molar-refractivity contribution in [3.8, 4) is 0 Å². The molecule has 2 aliphatic rings. The van der Waals surface area contributed by atoms with Crippen molar-refractivity contribution in [2.45, 2.75) is 56.5 Å². The summed E-state index contributed by atoms with van der Waals surface area (Å²) in [6, 6.07) is 11.9. The van der Waals surface area contributed by atoms with Gasteiger partial charge in [0.1, 0.15) is 0 Å². The topological polar surface area (TPSA) is 21.3 Å². The van der Waals surface area contributed by atoms with Crippen LogP contribution in [0.4, 0.5) is 26.3 Å². The van der Waals surface area contributed by atoms with Gasteiger partial charge in [0.05, 0.1) is 24.3 Å². The lowest BCUT2D eigenvalue weighted by atomic mass is 9.64. The lowest BCUT2D eigenvalue weighted by molar-refractivity contribution is -0.143. The molecule has 1 saturated carbocycles. The van der Waals surface area contributed by atoms with Gasteiger partial charge in [0, 0.05) is 5.41 Å². The molecule has 1 heterocycles. The molecule has 2 atom stereocenters. The fourth-order valence-corrected chi connectivity index (χ4v) is 5.39. The lowest BCUT2D eigenvalue weighted by Crippen LogP contribution is -2.40. The van der Waals surface area contributed by atoms with Gasteiger partial charge >= 0.3 is 12.4 Å². The summed E-state index contributed by atoms with van der Waals surface area (Å²) in [5.74, 6) is 0.605. The van der Waals surface area contributed by atoms with Crippen LogP contribution in [0.2, 0.25) is 0 Å². The monoisotopic (exact) mass is 485 g/mol. The van der Waals surface area contributed by atoms with Crippen LogP contribution in [0.1, 0.15) is 54.4 Å². The fraction of sp³-hybridized carbons (Fsp3) is 0.538. The standard InChI is InChI=1S/C26H29F6NO/c27-25(28,29)21-13-18(14-22(15-21)26(30,31)32)16-34-17-23(19-7-8-19)24(9-4-11-33-12-10-24)20-5-2-1-3-6-20/h1-3,5-6,13-15,19,23,33H,4,7-12,16-17H2. The lowest BCUT2D eigenvalue weighted by Gasteiger charge is -2.41. The molecule has 0 aromatic heterocycles. The van der Waals surface area contributed by atoms with Gasteiger partial charge in [-0.1, -0.05) is 30.3 Å². The van der Waals surface area contributed by atoms with Crippen molar-refractivity contribution in [1.82, 2.24) is 5.32 Å². The van der Waals surface area contributed by atoms with Crippen molar-refractivity contribution in [3.63, 3.8) is 0 Å². The second-order valence-electron chi connectivity index (χ2n) is 9.50. The summed E-state index contributed by atoms with van der Waals surface area (Å²) < 4.78 is 85.1. The quantitative estimate of drug-likeness (QED) is 0.428. The van der Waals surface area contributed by atoms with Crippen LogP contribution in [-0.4, -0.2) is 19.7 Å². The molecular formula is C26H29F6NO. The maximum atomic E-state index is 13.2. The Morgan fingerprint density at radius 2 is 1.53 bits per heavy atom. The predicted molar refractivity (Wildman–Crippen MR) is 117 cm³/mol. The Morgan fingerprint density at radius 3 is 2.12 bits per heavy atom. The SMILES string of the molecule is FC(F)(F)c1cc(COCC(C2CC2)C2(c3ccccc3)CCCNCC2)cc(C(F)(F)F)c1. The number of alkyl halides is 6. The maximum absolute atomic E-state index is 13.2. The average molecular weight is 486 g/mol. The number of ether oxygens (including phenoxy) is 1. The second kappa shape index (κ2) is 9.90. The van der Waals surface area contributed by atoms with Crippen LogP contribution < -0.4 is 5.32 Å². The van der Waals surface area contributed by atoms with Gasteiger partial charge in [0.25, 0.3) is 0 Å². The molecular weight excluding hydrogens is 456 g/mol. The molecule has 2 aromatic carbocycles. The first-order valence-corrected chi connectivity index (χ1v) is 11.7. The van der Waals surface area contributed by atoms with E-state index in [1.54, 1.807) is 0 Å². The molecule has 1 aliphatic carbocycles. The van der Waals surface area contributed by atoms with Crippen LogP contribution in [0, 0.1) is 11.8 Å². The van der Waals surface area contributed by atoms with Crippen molar-refractivity contribution in [3.05, 3.63) is 70.8 Å². The molecule has 1 N–H and O–H groups in total. The van der Waals surface area contributed by atoms with Crippen LogP contribution in [0.5, 0.6) is 0 Å². The van der Waals surface area contributed by atoms with Crippen molar-refractivity contribution < 1.29 is 31.1 Å². The van der Waals surface area contributed by atoms with E-state index in [4.69, 9.17) is 4.74 Å². The van der Waals surface area contributed by atoms with Gasteiger partial charge in [-0.15, -0.1) is 0 Å². The minimum atomic E-state index is -4.86. The normalized spacial score (nSPS) is 22.9. The van der Waals surface area contributed by atoms with E-state index in [1.165, 1.54) is 5.56 Å². The van der Waals surface area contributed by atoms with E-state index < -0.39 is 23.5 Å². The van der Waals surface area contributed by atoms with Crippen molar-refractivity contribution in [1.29, 1.82) is 0 Å². The number of benzene rings is 2. The molecule has 2 fully saturated rings. The predicted octanol–water partition coefficient (Wildman–Crippen LogP) is 6.98. The molecule has 1 saturated heterocycles. The molecule has 8 heteroatoms. The first kappa shape index (κ1) is 25.0. The highest BCUT2D eigenvalue weighted by Gasteiger charge is 2.47. The summed E-state index contributed by atoms with van der Waals surface area (Å²) in [4.78, 5) is 0. The van der Waals surface area contributed by atoms with Gasteiger partial charge in [-0.05, 0) is 86.4 Å². The van der Waals surface area contributed by atoms with E-state index in [9.17, 15) is 26.3 Å². The van der Waals surface area contributed by atoms with Gasteiger partial charge in [0.2, 0.25) is 0 Å². The van der Waals surface area contributed by atoms with E-state index in [1.807, 2.05) is 18.2 Å². The van der Waals surface area contributed by atoms with E-state index >= 15 is 0 Å². The molecule has 186 valence electrons. The average Bonchev–Trinajstić information content (AvgIpc) is 3.64. The molecule has 0 bridgehead atoms. The number of rotatable bonds is 7. The summed E-state index contributed by atoms with van der Waals surface area (Å²) >= 11 is 0. The Kier molecular flexibility index (Phi) is 7.29. The number of hydrogen-bond acceptors (Lipinski definition) is 2. The number of nitrogens with one attached hydrogen (secondary N) is 1. The van der Waals surface area contributed by atoms with E-state index in [0.717, 1.165) is 57.3 Å². The molecule has 0 spiro atoms. The third-order valence-corrected chi connectivity index (χ3v) is 7.19. The van der Waals surface area contributed by atoms with E-state index in [0.29, 0.717) is 12.5 Å². The molecule has 2 unspecified atom stereocenters. The van der Waals surface area contributed by atoms with Crippen LogP contribution >= 0.6 is 0 Å². The Balaban J connectivity index is 1.57. The van der Waals surface area contributed by atoms with Crippen molar-refractivity contribution in [2.24, 2.45) is 11.8 Å². The third-order valence-electron chi connectivity index (χ3n) is 7.19. The van der Waals surface area contributed by atoms with Crippen LogP contribution in [0.15, 0.2) is 48.5 Å². The molecule has 4 rings (SSSR count).